The quantitative estimate of drug-likeness (QED) is 0.675. The normalized spacial score (nSPS) is 16.4. The summed E-state index contributed by atoms with van der Waals surface area (Å²) in [5.41, 5.74) is 2.40. The third-order valence-electron chi connectivity index (χ3n) is 2.62. The zero-order valence-corrected chi connectivity index (χ0v) is 10.2. The van der Waals surface area contributed by atoms with Gasteiger partial charge in [-0.3, -0.25) is 4.79 Å². The topological polar surface area (TPSA) is 20.3 Å². The molecule has 0 atom stereocenters. The number of fused-ring (bicyclic) bond motifs is 1. The van der Waals surface area contributed by atoms with Gasteiger partial charge >= 0.3 is 0 Å². The van der Waals surface area contributed by atoms with Gasteiger partial charge in [-0.2, -0.15) is 0 Å². The molecule has 0 radical (unpaired) electrons. The Kier molecular flexibility index (Phi) is 2.76. The van der Waals surface area contributed by atoms with Gasteiger partial charge in [0.05, 0.1) is 5.69 Å². The lowest BCUT2D eigenvalue weighted by Gasteiger charge is -2.18. The summed E-state index contributed by atoms with van der Waals surface area (Å²) in [6.07, 6.45) is 2.65. The Labute approximate surface area is 97.4 Å². The monoisotopic (exact) mass is 301 g/mol. The van der Waals surface area contributed by atoms with Crippen LogP contribution in [0.25, 0.3) is 0 Å². The van der Waals surface area contributed by atoms with Crippen molar-refractivity contribution in [2.45, 2.75) is 19.3 Å². The van der Waals surface area contributed by atoms with Crippen molar-refractivity contribution in [1.29, 1.82) is 0 Å². The molecule has 1 aliphatic heterocycles. The van der Waals surface area contributed by atoms with Crippen molar-refractivity contribution in [3.05, 3.63) is 27.3 Å². The van der Waals surface area contributed by atoms with Gasteiger partial charge in [-0.25, -0.2) is 0 Å². The van der Waals surface area contributed by atoms with Crippen molar-refractivity contribution in [2.24, 2.45) is 0 Å². The summed E-state index contributed by atoms with van der Waals surface area (Å²) in [5.74, 6) is 0.230. The van der Waals surface area contributed by atoms with Crippen LogP contribution in [0.15, 0.2) is 18.2 Å². The second-order valence-corrected chi connectivity index (χ2v) is 4.72. The molecule has 0 fully saturated rings. The van der Waals surface area contributed by atoms with E-state index in [9.17, 15) is 4.79 Å². The van der Waals surface area contributed by atoms with Crippen molar-refractivity contribution < 1.29 is 4.79 Å². The van der Waals surface area contributed by atoms with E-state index in [-0.39, 0.29) is 5.91 Å². The minimum atomic E-state index is 0.230. The molecule has 3 heteroatoms. The second kappa shape index (κ2) is 3.88. The number of aryl methyl sites for hydroxylation is 1. The van der Waals surface area contributed by atoms with Crippen molar-refractivity contribution in [3.8, 4) is 0 Å². The highest BCUT2D eigenvalue weighted by Gasteiger charge is 2.20. The van der Waals surface area contributed by atoms with Gasteiger partial charge in [0.2, 0.25) is 5.91 Å². The second-order valence-electron chi connectivity index (χ2n) is 3.55. The lowest BCUT2D eigenvalue weighted by Crippen LogP contribution is -2.25. The van der Waals surface area contributed by atoms with E-state index in [0.717, 1.165) is 22.1 Å². The Bertz CT molecular complexity index is 376. The number of anilines is 1. The zero-order chi connectivity index (χ0) is 10.1. The first-order chi connectivity index (χ1) is 6.70. The molecule has 0 bridgehead atoms. The summed E-state index contributed by atoms with van der Waals surface area (Å²) in [7, 11) is 1.87. The minimum Gasteiger partial charge on any atom is -0.314 e. The number of rotatable bonds is 0. The maximum atomic E-state index is 11.7. The van der Waals surface area contributed by atoms with E-state index in [1.165, 1.54) is 5.56 Å². The molecule has 1 heterocycles. The Balaban J connectivity index is 2.55. The van der Waals surface area contributed by atoms with Crippen LogP contribution in [-0.4, -0.2) is 13.0 Å². The molecule has 2 rings (SSSR count). The van der Waals surface area contributed by atoms with Crippen LogP contribution < -0.4 is 4.90 Å². The smallest absolute Gasteiger partial charge is 0.226 e. The molecule has 0 N–H and O–H groups in total. The first-order valence-electron chi connectivity index (χ1n) is 4.74. The van der Waals surface area contributed by atoms with Gasteiger partial charge in [-0.15, -0.1) is 0 Å². The van der Waals surface area contributed by atoms with Crippen LogP contribution in [0.2, 0.25) is 0 Å². The fourth-order valence-corrected chi connectivity index (χ4v) is 2.78. The largest absolute Gasteiger partial charge is 0.314 e. The Morgan fingerprint density at radius 2 is 2.14 bits per heavy atom. The van der Waals surface area contributed by atoms with Crippen molar-refractivity contribution in [1.82, 2.24) is 0 Å². The Morgan fingerprint density at radius 3 is 2.93 bits per heavy atom. The lowest BCUT2D eigenvalue weighted by atomic mass is 10.1. The van der Waals surface area contributed by atoms with Crippen LogP contribution in [0.3, 0.4) is 0 Å². The average molecular weight is 301 g/mol. The first kappa shape index (κ1) is 9.96. The molecule has 0 saturated carbocycles. The number of carbonyl (C=O) groups excluding carboxylic acids is 1. The highest BCUT2D eigenvalue weighted by atomic mass is 127. The predicted octanol–water partition coefficient (Wildman–Crippen LogP) is 2.59. The van der Waals surface area contributed by atoms with Crippen molar-refractivity contribution in [2.75, 3.05) is 11.9 Å². The molecule has 0 saturated heterocycles. The molecule has 1 amide bonds. The first-order valence-corrected chi connectivity index (χ1v) is 5.82. The molecule has 74 valence electrons. The minimum absolute atomic E-state index is 0.230. The number of hydrogen-bond acceptors (Lipinski definition) is 1. The number of nitrogens with zero attached hydrogens (tertiary/aromatic N) is 1. The summed E-state index contributed by atoms with van der Waals surface area (Å²) in [5, 5.41) is 0. The van der Waals surface area contributed by atoms with E-state index < -0.39 is 0 Å². The molecular formula is C11H12INO. The van der Waals surface area contributed by atoms with Crippen LogP contribution in [0, 0.1) is 3.57 Å². The van der Waals surface area contributed by atoms with E-state index >= 15 is 0 Å². The number of halogens is 1. The third kappa shape index (κ3) is 1.65. The molecular weight excluding hydrogens is 289 g/mol. The van der Waals surface area contributed by atoms with Gasteiger partial charge in [0, 0.05) is 17.0 Å². The summed E-state index contributed by atoms with van der Waals surface area (Å²) >= 11 is 2.29. The SMILES string of the molecule is CN1C(=O)CCCc2cccc(I)c21. The van der Waals surface area contributed by atoms with E-state index in [0.29, 0.717) is 6.42 Å². The van der Waals surface area contributed by atoms with Gasteiger partial charge in [0.25, 0.3) is 0 Å². The maximum absolute atomic E-state index is 11.7. The summed E-state index contributed by atoms with van der Waals surface area (Å²) in [6, 6.07) is 6.23. The average Bonchev–Trinajstić information content (AvgIpc) is 2.29. The third-order valence-corrected chi connectivity index (χ3v) is 3.49. The van der Waals surface area contributed by atoms with Crippen LogP contribution in [0.5, 0.6) is 0 Å². The van der Waals surface area contributed by atoms with Crippen molar-refractivity contribution in [3.63, 3.8) is 0 Å². The number of carbonyl (C=O) groups is 1. The van der Waals surface area contributed by atoms with Gasteiger partial charge in [0.15, 0.2) is 0 Å². The number of hydrogen-bond donors (Lipinski definition) is 0. The van der Waals surface area contributed by atoms with Crippen LogP contribution >= 0.6 is 22.6 Å². The van der Waals surface area contributed by atoms with E-state index in [2.05, 4.69) is 40.8 Å². The number of benzene rings is 1. The molecule has 1 aromatic rings. The fraction of sp³-hybridized carbons (Fsp3) is 0.364. The van der Waals surface area contributed by atoms with Crippen LogP contribution in [-0.2, 0) is 11.2 Å². The summed E-state index contributed by atoms with van der Waals surface area (Å²) in [4.78, 5) is 13.4. The van der Waals surface area contributed by atoms with Gasteiger partial charge < -0.3 is 4.90 Å². The summed E-state index contributed by atoms with van der Waals surface area (Å²) in [6.45, 7) is 0. The van der Waals surface area contributed by atoms with Gasteiger partial charge in [0.1, 0.15) is 0 Å². The van der Waals surface area contributed by atoms with Gasteiger partial charge in [-0.1, -0.05) is 12.1 Å². The number of amides is 1. The molecule has 2 nitrogen and oxygen atoms in total. The van der Waals surface area contributed by atoms with Gasteiger partial charge in [-0.05, 0) is 47.1 Å². The zero-order valence-electron chi connectivity index (χ0n) is 8.09. The lowest BCUT2D eigenvalue weighted by molar-refractivity contribution is -0.118. The van der Waals surface area contributed by atoms with Crippen LogP contribution in [0.1, 0.15) is 18.4 Å². The molecule has 14 heavy (non-hydrogen) atoms. The molecule has 0 aromatic heterocycles. The summed E-state index contributed by atoms with van der Waals surface area (Å²) < 4.78 is 1.16. The highest BCUT2D eigenvalue weighted by molar-refractivity contribution is 14.1. The standard InChI is InChI=1S/C11H12INO/c1-13-10(14)7-3-5-8-4-2-6-9(12)11(8)13/h2,4,6H,3,5,7H2,1H3. The van der Waals surface area contributed by atoms with E-state index in [1.54, 1.807) is 4.90 Å². The molecule has 0 spiro atoms. The maximum Gasteiger partial charge on any atom is 0.226 e. The fourth-order valence-electron chi connectivity index (χ4n) is 1.86. The van der Waals surface area contributed by atoms with Crippen LogP contribution in [0.4, 0.5) is 5.69 Å². The Morgan fingerprint density at radius 1 is 1.36 bits per heavy atom. The molecule has 0 aliphatic carbocycles. The molecule has 1 aromatic carbocycles. The van der Waals surface area contributed by atoms with E-state index in [1.807, 2.05) is 7.05 Å². The highest BCUT2D eigenvalue weighted by Crippen LogP contribution is 2.30. The number of para-hydroxylation sites is 1. The predicted molar refractivity (Wildman–Crippen MR) is 65.5 cm³/mol. The molecule has 0 unspecified atom stereocenters. The van der Waals surface area contributed by atoms with E-state index in [4.69, 9.17) is 0 Å². The Hall–Kier alpha value is -0.580. The van der Waals surface area contributed by atoms with Crippen molar-refractivity contribution >= 4 is 34.2 Å². The molecule has 1 aliphatic rings.